The second-order valence-corrected chi connectivity index (χ2v) is 4.55. The summed E-state index contributed by atoms with van der Waals surface area (Å²) in [5.74, 6) is 0.693. The number of nitrogens with one attached hydrogen (secondary N) is 1. The first-order valence-electron chi connectivity index (χ1n) is 5.45. The van der Waals surface area contributed by atoms with E-state index in [1.807, 2.05) is 6.33 Å². The van der Waals surface area contributed by atoms with Crippen molar-refractivity contribution in [3.05, 3.63) is 17.7 Å². The van der Waals surface area contributed by atoms with Gasteiger partial charge in [-0.1, -0.05) is 13.8 Å². The van der Waals surface area contributed by atoms with Crippen molar-refractivity contribution >= 4 is 0 Å². The second-order valence-electron chi connectivity index (χ2n) is 4.55. The quantitative estimate of drug-likeness (QED) is 0.775. The lowest BCUT2D eigenvalue weighted by molar-refractivity contribution is 0.478. The van der Waals surface area contributed by atoms with Crippen LogP contribution in [-0.2, 0) is 13.0 Å². The van der Waals surface area contributed by atoms with E-state index in [4.69, 9.17) is 0 Å². The van der Waals surface area contributed by atoms with Gasteiger partial charge in [0.1, 0.15) is 0 Å². The Morgan fingerprint density at radius 1 is 1.64 bits per heavy atom. The average Bonchev–Trinajstić information content (AvgIpc) is 2.49. The average molecular weight is 193 g/mol. The smallest absolute Gasteiger partial charge is 0.0952 e. The maximum atomic E-state index is 4.49. The van der Waals surface area contributed by atoms with Gasteiger partial charge < -0.3 is 9.88 Å². The zero-order valence-corrected chi connectivity index (χ0v) is 9.25. The van der Waals surface area contributed by atoms with E-state index in [0.29, 0.717) is 12.0 Å². The number of hydrogen-bond donors (Lipinski definition) is 1. The highest BCUT2D eigenvalue weighted by atomic mass is 15.1. The molecule has 0 amide bonds. The molecular formula is C11H19N3. The van der Waals surface area contributed by atoms with Crippen LogP contribution in [0.25, 0.3) is 0 Å². The Kier molecular flexibility index (Phi) is 2.59. The van der Waals surface area contributed by atoms with Gasteiger partial charge >= 0.3 is 0 Å². The van der Waals surface area contributed by atoms with E-state index in [-0.39, 0.29) is 0 Å². The number of imidazole rings is 1. The minimum atomic E-state index is 0.423. The topological polar surface area (TPSA) is 29.9 Å². The van der Waals surface area contributed by atoms with Crippen LogP contribution in [0.1, 0.15) is 38.2 Å². The molecule has 78 valence electrons. The number of rotatable bonds is 2. The molecule has 1 N–H and O–H groups in total. The highest BCUT2D eigenvalue weighted by Crippen LogP contribution is 2.21. The van der Waals surface area contributed by atoms with Crippen LogP contribution >= 0.6 is 0 Å². The Morgan fingerprint density at radius 3 is 3.14 bits per heavy atom. The summed E-state index contributed by atoms with van der Waals surface area (Å²) in [5.41, 5.74) is 2.68. The molecule has 1 atom stereocenters. The fraction of sp³-hybridized carbons (Fsp3) is 0.727. The van der Waals surface area contributed by atoms with Crippen LogP contribution in [0, 0.1) is 5.92 Å². The van der Waals surface area contributed by atoms with E-state index in [1.54, 1.807) is 0 Å². The second kappa shape index (κ2) is 3.73. The van der Waals surface area contributed by atoms with Crippen LogP contribution < -0.4 is 5.32 Å². The van der Waals surface area contributed by atoms with Gasteiger partial charge in [-0.3, -0.25) is 0 Å². The standard InChI is InChI=1S/C11H19N3/c1-8(2)6-14-7-13-11-9(3)12-5-4-10(11)14/h7-9,12H,4-6H2,1-3H3. The van der Waals surface area contributed by atoms with Crippen molar-refractivity contribution < 1.29 is 0 Å². The SMILES string of the molecule is CC(C)Cn1cnc2c1CCNC2C. The minimum Gasteiger partial charge on any atom is -0.334 e. The summed E-state index contributed by atoms with van der Waals surface area (Å²) in [7, 11) is 0. The Hall–Kier alpha value is -0.830. The fourth-order valence-electron chi connectivity index (χ4n) is 2.11. The highest BCUT2D eigenvalue weighted by molar-refractivity contribution is 5.20. The van der Waals surface area contributed by atoms with Crippen LogP contribution in [-0.4, -0.2) is 16.1 Å². The van der Waals surface area contributed by atoms with Gasteiger partial charge in [-0.25, -0.2) is 4.98 Å². The monoisotopic (exact) mass is 193 g/mol. The molecule has 3 nitrogen and oxygen atoms in total. The summed E-state index contributed by atoms with van der Waals surface area (Å²) in [5, 5.41) is 3.43. The van der Waals surface area contributed by atoms with Gasteiger partial charge in [0.05, 0.1) is 12.0 Å². The molecule has 2 heterocycles. The molecular weight excluding hydrogens is 174 g/mol. The predicted octanol–water partition coefficient (Wildman–Crippen LogP) is 1.75. The largest absolute Gasteiger partial charge is 0.334 e. The lowest BCUT2D eigenvalue weighted by Crippen LogP contribution is -2.29. The van der Waals surface area contributed by atoms with Crippen molar-refractivity contribution in [3.8, 4) is 0 Å². The molecule has 0 saturated heterocycles. The zero-order valence-electron chi connectivity index (χ0n) is 9.25. The summed E-state index contributed by atoms with van der Waals surface area (Å²) in [6.45, 7) is 8.85. The van der Waals surface area contributed by atoms with E-state index in [9.17, 15) is 0 Å². The molecule has 3 heteroatoms. The number of hydrogen-bond acceptors (Lipinski definition) is 2. The van der Waals surface area contributed by atoms with Gasteiger partial charge in [0, 0.05) is 31.2 Å². The van der Waals surface area contributed by atoms with Crippen molar-refractivity contribution in [1.82, 2.24) is 14.9 Å². The van der Waals surface area contributed by atoms with E-state index in [2.05, 4.69) is 35.6 Å². The van der Waals surface area contributed by atoms with Crippen molar-refractivity contribution in [3.63, 3.8) is 0 Å². The Morgan fingerprint density at radius 2 is 2.43 bits per heavy atom. The summed E-state index contributed by atoms with van der Waals surface area (Å²) < 4.78 is 2.32. The summed E-state index contributed by atoms with van der Waals surface area (Å²) in [6.07, 6.45) is 3.11. The first-order valence-corrected chi connectivity index (χ1v) is 5.45. The normalized spacial score (nSPS) is 21.3. The summed E-state index contributed by atoms with van der Waals surface area (Å²) in [4.78, 5) is 4.49. The Balaban J connectivity index is 2.26. The van der Waals surface area contributed by atoms with Crippen molar-refractivity contribution in [2.45, 2.75) is 39.8 Å². The van der Waals surface area contributed by atoms with Gasteiger partial charge in [-0.05, 0) is 12.8 Å². The molecule has 0 fully saturated rings. The molecule has 1 aliphatic heterocycles. The van der Waals surface area contributed by atoms with Crippen molar-refractivity contribution in [2.24, 2.45) is 5.92 Å². The van der Waals surface area contributed by atoms with Crippen LogP contribution in [0.3, 0.4) is 0 Å². The third-order valence-electron chi connectivity index (χ3n) is 2.76. The molecule has 0 saturated carbocycles. The summed E-state index contributed by atoms with van der Waals surface area (Å²) >= 11 is 0. The van der Waals surface area contributed by atoms with Gasteiger partial charge in [-0.2, -0.15) is 0 Å². The molecule has 2 rings (SSSR count). The number of fused-ring (bicyclic) bond motifs is 1. The Bertz CT molecular complexity index is 314. The van der Waals surface area contributed by atoms with Crippen molar-refractivity contribution in [2.75, 3.05) is 6.54 Å². The Labute approximate surface area is 85.5 Å². The molecule has 0 aliphatic carbocycles. The predicted molar refractivity (Wildman–Crippen MR) is 57.2 cm³/mol. The molecule has 1 aliphatic rings. The molecule has 0 spiro atoms. The van der Waals surface area contributed by atoms with Gasteiger partial charge in [0.2, 0.25) is 0 Å². The molecule has 0 bridgehead atoms. The van der Waals surface area contributed by atoms with E-state index in [1.165, 1.54) is 11.4 Å². The van der Waals surface area contributed by atoms with E-state index >= 15 is 0 Å². The zero-order chi connectivity index (χ0) is 10.1. The van der Waals surface area contributed by atoms with Crippen LogP contribution in [0.4, 0.5) is 0 Å². The van der Waals surface area contributed by atoms with Crippen LogP contribution in [0.15, 0.2) is 6.33 Å². The molecule has 1 aromatic heterocycles. The highest BCUT2D eigenvalue weighted by Gasteiger charge is 2.20. The van der Waals surface area contributed by atoms with Gasteiger partial charge in [0.15, 0.2) is 0 Å². The number of aromatic nitrogens is 2. The van der Waals surface area contributed by atoms with Gasteiger partial charge in [-0.15, -0.1) is 0 Å². The lowest BCUT2D eigenvalue weighted by Gasteiger charge is -2.21. The molecule has 0 radical (unpaired) electrons. The van der Waals surface area contributed by atoms with Crippen LogP contribution in [0.5, 0.6) is 0 Å². The van der Waals surface area contributed by atoms with E-state index in [0.717, 1.165) is 19.5 Å². The first-order chi connectivity index (χ1) is 6.68. The molecule has 14 heavy (non-hydrogen) atoms. The fourth-order valence-corrected chi connectivity index (χ4v) is 2.11. The molecule has 1 aromatic rings. The first kappa shape index (κ1) is 9.71. The lowest BCUT2D eigenvalue weighted by atomic mass is 10.1. The maximum Gasteiger partial charge on any atom is 0.0952 e. The maximum absolute atomic E-state index is 4.49. The van der Waals surface area contributed by atoms with Gasteiger partial charge in [0.25, 0.3) is 0 Å². The molecule has 0 aromatic carbocycles. The minimum absolute atomic E-state index is 0.423. The third kappa shape index (κ3) is 1.69. The third-order valence-corrected chi connectivity index (χ3v) is 2.76. The summed E-state index contributed by atoms with van der Waals surface area (Å²) in [6, 6.07) is 0.423. The van der Waals surface area contributed by atoms with E-state index < -0.39 is 0 Å². The molecule has 1 unspecified atom stereocenters. The van der Waals surface area contributed by atoms with Crippen molar-refractivity contribution in [1.29, 1.82) is 0 Å². The number of nitrogens with zero attached hydrogens (tertiary/aromatic N) is 2. The van der Waals surface area contributed by atoms with Crippen LogP contribution in [0.2, 0.25) is 0 Å².